The molecule has 0 aliphatic carbocycles. The third kappa shape index (κ3) is 5.88. The summed E-state index contributed by atoms with van der Waals surface area (Å²) in [5.41, 5.74) is 2.18. The fraction of sp³-hybridized carbons (Fsp3) is 0.429. The molecular formula is C21H30N4O2. The second-order valence-electron chi connectivity index (χ2n) is 6.51. The molecule has 0 amide bonds. The van der Waals surface area contributed by atoms with Gasteiger partial charge in [0.25, 0.3) is 5.56 Å². The van der Waals surface area contributed by atoms with Crippen molar-refractivity contribution < 1.29 is 4.74 Å². The number of aliphatic imine (C=N–C) groups is 1. The van der Waals surface area contributed by atoms with Gasteiger partial charge in [0.1, 0.15) is 5.75 Å². The van der Waals surface area contributed by atoms with Gasteiger partial charge in [-0.25, -0.2) is 0 Å². The quantitative estimate of drug-likeness (QED) is 0.441. The van der Waals surface area contributed by atoms with Gasteiger partial charge in [-0.3, -0.25) is 9.79 Å². The number of hydrogen-bond donors (Lipinski definition) is 1. The summed E-state index contributed by atoms with van der Waals surface area (Å²) in [4.78, 5) is 18.3. The summed E-state index contributed by atoms with van der Waals surface area (Å²) in [5, 5.41) is 3.39. The lowest BCUT2D eigenvalue weighted by atomic mass is 10.2. The van der Waals surface area contributed by atoms with Crippen LogP contribution in [-0.2, 0) is 13.1 Å². The maximum atomic E-state index is 11.9. The summed E-state index contributed by atoms with van der Waals surface area (Å²) >= 11 is 0. The van der Waals surface area contributed by atoms with Crippen LogP contribution in [0.2, 0.25) is 0 Å². The van der Waals surface area contributed by atoms with Crippen molar-refractivity contribution in [1.82, 2.24) is 14.8 Å². The highest BCUT2D eigenvalue weighted by molar-refractivity contribution is 5.79. The van der Waals surface area contributed by atoms with Crippen LogP contribution in [0.4, 0.5) is 0 Å². The predicted octanol–water partition coefficient (Wildman–Crippen LogP) is 2.65. The van der Waals surface area contributed by atoms with Gasteiger partial charge in [-0.05, 0) is 31.9 Å². The van der Waals surface area contributed by atoms with E-state index >= 15 is 0 Å². The molecule has 2 rings (SSSR count). The second-order valence-corrected chi connectivity index (χ2v) is 6.51. The van der Waals surface area contributed by atoms with Gasteiger partial charge in [0, 0.05) is 51.1 Å². The Bertz CT molecular complexity index is 814. The zero-order valence-electron chi connectivity index (χ0n) is 16.7. The van der Waals surface area contributed by atoms with Crippen molar-refractivity contribution in [2.24, 2.45) is 4.99 Å². The first kappa shape index (κ1) is 20.6. The Morgan fingerprint density at radius 3 is 2.67 bits per heavy atom. The Hall–Kier alpha value is -2.76. The molecule has 0 fully saturated rings. The number of para-hydroxylation sites is 1. The molecule has 0 aliphatic rings. The largest absolute Gasteiger partial charge is 0.496 e. The summed E-state index contributed by atoms with van der Waals surface area (Å²) in [7, 11) is 5.48. The van der Waals surface area contributed by atoms with E-state index in [1.807, 2.05) is 42.8 Å². The normalized spacial score (nSPS) is 11.3. The molecule has 1 aromatic carbocycles. The van der Waals surface area contributed by atoms with Crippen LogP contribution in [0.15, 0.2) is 52.3 Å². The van der Waals surface area contributed by atoms with E-state index in [9.17, 15) is 4.79 Å². The van der Waals surface area contributed by atoms with Crippen LogP contribution in [0.3, 0.4) is 0 Å². The Balaban J connectivity index is 1.80. The van der Waals surface area contributed by atoms with Crippen LogP contribution in [0, 0.1) is 6.92 Å². The van der Waals surface area contributed by atoms with Crippen LogP contribution < -0.4 is 15.6 Å². The molecule has 27 heavy (non-hydrogen) atoms. The fourth-order valence-electron chi connectivity index (χ4n) is 3.05. The van der Waals surface area contributed by atoms with Crippen LogP contribution in [0.5, 0.6) is 5.75 Å². The number of nitrogens with one attached hydrogen (secondary N) is 1. The minimum absolute atomic E-state index is 0.0651. The minimum Gasteiger partial charge on any atom is -0.496 e. The number of nitrogens with zero attached hydrogens (tertiary/aromatic N) is 3. The van der Waals surface area contributed by atoms with E-state index < -0.39 is 0 Å². The molecular weight excluding hydrogens is 340 g/mol. The van der Waals surface area contributed by atoms with Crippen molar-refractivity contribution >= 4 is 5.96 Å². The molecule has 0 saturated carbocycles. The van der Waals surface area contributed by atoms with E-state index in [1.165, 1.54) is 0 Å². The van der Waals surface area contributed by atoms with Crippen LogP contribution in [-0.4, -0.2) is 43.2 Å². The van der Waals surface area contributed by atoms with Gasteiger partial charge in [0.15, 0.2) is 5.96 Å². The number of aromatic nitrogens is 1. The molecule has 1 heterocycles. The van der Waals surface area contributed by atoms with E-state index in [-0.39, 0.29) is 5.56 Å². The summed E-state index contributed by atoms with van der Waals surface area (Å²) in [6, 6.07) is 13.4. The maximum absolute atomic E-state index is 11.9. The van der Waals surface area contributed by atoms with Crippen molar-refractivity contribution in [3.05, 3.63) is 64.1 Å². The molecule has 0 radical (unpaired) electrons. The number of ether oxygens (including phenoxy) is 1. The number of rotatable bonds is 8. The maximum Gasteiger partial charge on any atom is 0.250 e. The topological polar surface area (TPSA) is 58.9 Å². The number of unbranched alkanes of at least 4 members (excludes halogenated alkanes) is 1. The highest BCUT2D eigenvalue weighted by Crippen LogP contribution is 2.18. The number of pyridine rings is 1. The van der Waals surface area contributed by atoms with E-state index in [2.05, 4.69) is 21.3 Å². The molecule has 0 atom stereocenters. The number of methoxy groups -OCH3 is 1. The minimum atomic E-state index is 0.0651. The highest BCUT2D eigenvalue weighted by Gasteiger charge is 2.09. The summed E-state index contributed by atoms with van der Waals surface area (Å²) in [5.74, 6) is 1.72. The number of benzene rings is 1. The molecule has 6 nitrogen and oxygen atoms in total. The van der Waals surface area contributed by atoms with Crippen molar-refractivity contribution in [2.75, 3.05) is 27.7 Å². The predicted molar refractivity (Wildman–Crippen MR) is 110 cm³/mol. The molecule has 146 valence electrons. The van der Waals surface area contributed by atoms with Gasteiger partial charge in [-0.15, -0.1) is 0 Å². The van der Waals surface area contributed by atoms with Gasteiger partial charge >= 0.3 is 0 Å². The first-order valence-electron chi connectivity index (χ1n) is 9.27. The molecule has 1 N–H and O–H groups in total. The second kappa shape index (κ2) is 10.4. The Kier molecular flexibility index (Phi) is 7.92. The van der Waals surface area contributed by atoms with Crippen LogP contribution >= 0.6 is 0 Å². The lowest BCUT2D eigenvalue weighted by molar-refractivity contribution is 0.396. The zero-order valence-corrected chi connectivity index (χ0v) is 16.7. The van der Waals surface area contributed by atoms with Crippen molar-refractivity contribution in [3.63, 3.8) is 0 Å². The molecule has 2 aromatic rings. The monoisotopic (exact) mass is 370 g/mol. The van der Waals surface area contributed by atoms with Crippen molar-refractivity contribution in [3.8, 4) is 5.75 Å². The molecule has 1 aromatic heterocycles. The van der Waals surface area contributed by atoms with Crippen LogP contribution in [0.1, 0.15) is 24.1 Å². The van der Waals surface area contributed by atoms with Gasteiger partial charge in [-0.1, -0.05) is 24.3 Å². The van der Waals surface area contributed by atoms with E-state index in [0.717, 1.165) is 48.9 Å². The lowest BCUT2D eigenvalue weighted by Crippen LogP contribution is -2.39. The molecule has 0 aliphatic heterocycles. The average Bonchev–Trinajstić information content (AvgIpc) is 2.67. The van der Waals surface area contributed by atoms with Gasteiger partial charge in [0.05, 0.1) is 7.11 Å². The smallest absolute Gasteiger partial charge is 0.250 e. The van der Waals surface area contributed by atoms with Gasteiger partial charge in [0.2, 0.25) is 0 Å². The van der Waals surface area contributed by atoms with E-state index in [0.29, 0.717) is 6.54 Å². The fourth-order valence-corrected chi connectivity index (χ4v) is 3.05. The Labute approximate surface area is 161 Å². The first-order chi connectivity index (χ1) is 13.1. The standard InChI is InChI=1S/C21H30N4O2/c1-17-10-9-13-20(26)25(17)15-8-7-14-23-21(22-2)24(3)16-18-11-5-6-12-19(18)27-4/h5-6,9-13H,7-8,14-16H2,1-4H3,(H,22,23). The first-order valence-corrected chi connectivity index (χ1v) is 9.27. The molecule has 0 saturated heterocycles. The molecule has 0 unspecified atom stereocenters. The third-order valence-electron chi connectivity index (χ3n) is 4.53. The number of guanidine groups is 1. The molecule has 0 spiro atoms. The van der Waals surface area contributed by atoms with E-state index in [4.69, 9.17) is 4.74 Å². The molecule has 0 bridgehead atoms. The lowest BCUT2D eigenvalue weighted by Gasteiger charge is -2.23. The number of aryl methyl sites for hydroxylation is 1. The van der Waals surface area contributed by atoms with Gasteiger partial charge in [-0.2, -0.15) is 0 Å². The summed E-state index contributed by atoms with van der Waals surface area (Å²) in [6.07, 6.45) is 1.90. The summed E-state index contributed by atoms with van der Waals surface area (Å²) < 4.78 is 7.24. The number of hydrogen-bond acceptors (Lipinski definition) is 3. The Morgan fingerprint density at radius 2 is 1.96 bits per heavy atom. The van der Waals surface area contributed by atoms with Crippen molar-refractivity contribution in [1.29, 1.82) is 0 Å². The SMILES string of the molecule is CN=C(NCCCCn1c(C)cccc1=O)N(C)Cc1ccccc1OC. The highest BCUT2D eigenvalue weighted by atomic mass is 16.5. The van der Waals surface area contributed by atoms with Crippen LogP contribution in [0.25, 0.3) is 0 Å². The zero-order chi connectivity index (χ0) is 19.6. The van der Waals surface area contributed by atoms with Crippen molar-refractivity contribution in [2.45, 2.75) is 32.9 Å². The average molecular weight is 370 g/mol. The summed E-state index contributed by atoms with van der Waals surface area (Å²) in [6.45, 7) is 4.23. The third-order valence-corrected chi connectivity index (χ3v) is 4.53. The van der Waals surface area contributed by atoms with Gasteiger partial charge < -0.3 is 19.5 Å². The molecule has 6 heteroatoms. The Morgan fingerprint density at radius 1 is 1.19 bits per heavy atom. The van der Waals surface area contributed by atoms with E-state index in [1.54, 1.807) is 26.3 Å².